The highest BCUT2D eigenvalue weighted by Gasteiger charge is 2.24. The van der Waals surface area contributed by atoms with Gasteiger partial charge in [-0.3, -0.25) is 9.69 Å². The van der Waals surface area contributed by atoms with Crippen LogP contribution in [0.3, 0.4) is 0 Å². The van der Waals surface area contributed by atoms with Gasteiger partial charge < -0.3 is 23.5 Å². The summed E-state index contributed by atoms with van der Waals surface area (Å²) in [6.07, 6.45) is 2.55. The molecular formula is C27H32N2O5. The Kier molecular flexibility index (Phi) is 7.43. The van der Waals surface area contributed by atoms with Crippen LogP contribution in [0.25, 0.3) is 11.0 Å². The lowest BCUT2D eigenvalue weighted by Gasteiger charge is -2.26. The zero-order chi connectivity index (χ0) is 23.2. The predicted molar refractivity (Wildman–Crippen MR) is 129 cm³/mol. The van der Waals surface area contributed by atoms with Crippen LogP contribution in [0.4, 0.5) is 0 Å². The van der Waals surface area contributed by atoms with Crippen molar-refractivity contribution in [2.24, 2.45) is 5.92 Å². The number of carbonyl (C=O) groups is 1. The minimum Gasteiger partial charge on any atom is -0.492 e. The first-order valence-corrected chi connectivity index (χ1v) is 12.1. The quantitative estimate of drug-likeness (QED) is 0.534. The molecule has 1 amide bonds. The van der Waals surface area contributed by atoms with Crippen molar-refractivity contribution in [3.05, 3.63) is 65.9 Å². The van der Waals surface area contributed by atoms with Crippen molar-refractivity contribution in [3.63, 3.8) is 0 Å². The highest BCUT2D eigenvalue weighted by Crippen LogP contribution is 2.22. The van der Waals surface area contributed by atoms with Gasteiger partial charge in [0, 0.05) is 49.6 Å². The Morgan fingerprint density at radius 3 is 2.79 bits per heavy atom. The normalized spacial score (nSPS) is 19.8. The Morgan fingerprint density at radius 2 is 1.88 bits per heavy atom. The number of rotatable bonds is 7. The molecule has 2 aromatic carbocycles. The zero-order valence-corrected chi connectivity index (χ0v) is 19.5. The summed E-state index contributed by atoms with van der Waals surface area (Å²) in [6, 6.07) is 15.8. The molecule has 0 saturated carbocycles. The van der Waals surface area contributed by atoms with Crippen LogP contribution in [0.5, 0.6) is 5.75 Å². The summed E-state index contributed by atoms with van der Waals surface area (Å²) in [5.74, 6) is 0.982. The SMILES string of the molecule is O=C(c1cccc(OCCN2CCOCC2)c1)N1CCOCC(Cc2ccc3ccoc3c2)C1. The lowest BCUT2D eigenvalue weighted by Crippen LogP contribution is -2.38. The van der Waals surface area contributed by atoms with E-state index in [1.165, 1.54) is 5.56 Å². The predicted octanol–water partition coefficient (Wildman–Crippen LogP) is 3.48. The van der Waals surface area contributed by atoms with Crippen molar-refractivity contribution in [1.29, 1.82) is 0 Å². The third-order valence-corrected chi connectivity index (χ3v) is 6.53. The van der Waals surface area contributed by atoms with E-state index in [-0.39, 0.29) is 11.8 Å². The van der Waals surface area contributed by atoms with E-state index in [0.29, 0.717) is 38.5 Å². The van der Waals surface area contributed by atoms with E-state index < -0.39 is 0 Å². The second-order valence-corrected chi connectivity index (χ2v) is 9.02. The third-order valence-electron chi connectivity index (χ3n) is 6.53. The maximum atomic E-state index is 13.3. The van der Waals surface area contributed by atoms with Gasteiger partial charge in [0.25, 0.3) is 5.91 Å². The van der Waals surface area contributed by atoms with Crippen LogP contribution in [0.1, 0.15) is 15.9 Å². The summed E-state index contributed by atoms with van der Waals surface area (Å²) < 4.78 is 22.7. The van der Waals surface area contributed by atoms with Gasteiger partial charge in [-0.05, 0) is 42.3 Å². The lowest BCUT2D eigenvalue weighted by molar-refractivity contribution is 0.0322. The third kappa shape index (κ3) is 5.78. The molecule has 3 aromatic rings. The van der Waals surface area contributed by atoms with Gasteiger partial charge >= 0.3 is 0 Å². The minimum absolute atomic E-state index is 0.0237. The molecule has 2 aliphatic heterocycles. The fourth-order valence-electron chi connectivity index (χ4n) is 4.67. The average Bonchev–Trinajstić information content (AvgIpc) is 3.22. The maximum Gasteiger partial charge on any atom is 0.254 e. The fourth-order valence-corrected chi connectivity index (χ4v) is 4.67. The van der Waals surface area contributed by atoms with Gasteiger partial charge in [0.05, 0.1) is 32.7 Å². The van der Waals surface area contributed by atoms with Gasteiger partial charge in [0.1, 0.15) is 17.9 Å². The van der Waals surface area contributed by atoms with Crippen molar-refractivity contribution < 1.29 is 23.4 Å². The number of ether oxygens (including phenoxy) is 3. The smallest absolute Gasteiger partial charge is 0.254 e. The Labute approximate surface area is 200 Å². The first-order valence-electron chi connectivity index (χ1n) is 12.1. The Morgan fingerprint density at radius 1 is 1.00 bits per heavy atom. The van der Waals surface area contributed by atoms with E-state index in [9.17, 15) is 4.79 Å². The minimum atomic E-state index is 0.0237. The number of furan rings is 1. The second kappa shape index (κ2) is 11.0. The largest absolute Gasteiger partial charge is 0.492 e. The number of carbonyl (C=O) groups excluding carboxylic acids is 1. The van der Waals surface area contributed by atoms with E-state index in [0.717, 1.165) is 56.0 Å². The molecule has 7 nitrogen and oxygen atoms in total. The van der Waals surface area contributed by atoms with E-state index >= 15 is 0 Å². The van der Waals surface area contributed by atoms with Crippen LogP contribution in [-0.2, 0) is 15.9 Å². The highest BCUT2D eigenvalue weighted by molar-refractivity contribution is 5.94. The molecule has 34 heavy (non-hydrogen) atoms. The van der Waals surface area contributed by atoms with Gasteiger partial charge in [-0.15, -0.1) is 0 Å². The average molecular weight is 465 g/mol. The standard InChI is InChI=1S/C27H32N2O5/c30-27(24-2-1-3-25(18-24)33-15-9-28-7-12-31-13-8-28)29-10-14-32-20-22(19-29)16-21-4-5-23-6-11-34-26(23)17-21/h1-6,11,17-18,22H,7-10,12-16,19-20H2. The van der Waals surface area contributed by atoms with Crippen LogP contribution >= 0.6 is 0 Å². The fraction of sp³-hybridized carbons (Fsp3) is 0.444. The molecule has 1 atom stereocenters. The van der Waals surface area contributed by atoms with Gasteiger partial charge in [-0.1, -0.05) is 18.2 Å². The Balaban J connectivity index is 1.19. The summed E-state index contributed by atoms with van der Waals surface area (Å²) in [4.78, 5) is 17.6. The molecule has 0 N–H and O–H groups in total. The number of morpholine rings is 1. The molecule has 2 aliphatic rings. The number of amides is 1. The summed E-state index contributed by atoms with van der Waals surface area (Å²) in [5.41, 5.74) is 2.74. The number of fused-ring (bicyclic) bond motifs is 1. The molecule has 1 unspecified atom stereocenters. The number of benzene rings is 2. The molecule has 3 heterocycles. The van der Waals surface area contributed by atoms with Crippen molar-refractivity contribution >= 4 is 16.9 Å². The van der Waals surface area contributed by atoms with E-state index in [2.05, 4.69) is 23.1 Å². The number of hydrogen-bond acceptors (Lipinski definition) is 6. The molecular weight excluding hydrogens is 432 g/mol. The first-order chi connectivity index (χ1) is 16.7. The second-order valence-electron chi connectivity index (χ2n) is 9.02. The van der Waals surface area contributed by atoms with Gasteiger partial charge in [0.15, 0.2) is 0 Å². The number of nitrogens with zero attached hydrogens (tertiary/aromatic N) is 2. The Bertz CT molecular complexity index is 1090. The lowest BCUT2D eigenvalue weighted by atomic mass is 9.98. The molecule has 0 radical (unpaired) electrons. The molecule has 2 fully saturated rings. The summed E-state index contributed by atoms with van der Waals surface area (Å²) in [5, 5.41) is 1.10. The molecule has 1 aromatic heterocycles. The maximum absolute atomic E-state index is 13.3. The van der Waals surface area contributed by atoms with Crippen LogP contribution in [0, 0.1) is 5.92 Å². The van der Waals surface area contributed by atoms with E-state index in [4.69, 9.17) is 18.6 Å². The van der Waals surface area contributed by atoms with Crippen LogP contribution < -0.4 is 4.74 Å². The van der Waals surface area contributed by atoms with Gasteiger partial charge in [-0.2, -0.15) is 0 Å². The molecule has 0 aliphatic carbocycles. The topological polar surface area (TPSA) is 64.4 Å². The van der Waals surface area contributed by atoms with Gasteiger partial charge in [-0.25, -0.2) is 0 Å². The van der Waals surface area contributed by atoms with E-state index in [1.54, 1.807) is 6.26 Å². The molecule has 0 bridgehead atoms. The highest BCUT2D eigenvalue weighted by atomic mass is 16.5. The monoisotopic (exact) mass is 464 g/mol. The first kappa shape index (κ1) is 22.9. The summed E-state index contributed by atoms with van der Waals surface area (Å²) in [6.45, 7) is 7.34. The van der Waals surface area contributed by atoms with Crippen molar-refractivity contribution in [2.45, 2.75) is 6.42 Å². The molecule has 5 rings (SSSR count). The van der Waals surface area contributed by atoms with E-state index in [1.807, 2.05) is 35.2 Å². The molecule has 7 heteroatoms. The molecule has 2 saturated heterocycles. The molecule has 180 valence electrons. The van der Waals surface area contributed by atoms with Crippen molar-refractivity contribution in [1.82, 2.24) is 9.80 Å². The van der Waals surface area contributed by atoms with Crippen LogP contribution in [0.2, 0.25) is 0 Å². The molecule has 0 spiro atoms. The summed E-state index contributed by atoms with van der Waals surface area (Å²) >= 11 is 0. The van der Waals surface area contributed by atoms with Gasteiger partial charge in [0.2, 0.25) is 0 Å². The zero-order valence-electron chi connectivity index (χ0n) is 19.5. The summed E-state index contributed by atoms with van der Waals surface area (Å²) in [7, 11) is 0. The van der Waals surface area contributed by atoms with Crippen molar-refractivity contribution in [2.75, 3.05) is 65.8 Å². The van der Waals surface area contributed by atoms with Crippen LogP contribution in [0.15, 0.2) is 59.2 Å². The Hall–Kier alpha value is -2.87. The van der Waals surface area contributed by atoms with Crippen molar-refractivity contribution in [3.8, 4) is 5.75 Å². The number of hydrogen-bond donors (Lipinski definition) is 0. The van der Waals surface area contributed by atoms with Crippen LogP contribution in [-0.4, -0.2) is 81.5 Å².